The lowest BCUT2D eigenvalue weighted by Crippen LogP contribution is -2.37. The van der Waals surface area contributed by atoms with E-state index < -0.39 is 0 Å². The van der Waals surface area contributed by atoms with Crippen molar-refractivity contribution >= 4 is 22.8 Å². The van der Waals surface area contributed by atoms with Crippen LogP contribution in [0.2, 0.25) is 0 Å². The van der Waals surface area contributed by atoms with Crippen LogP contribution in [0.3, 0.4) is 0 Å². The van der Waals surface area contributed by atoms with Crippen LogP contribution in [0, 0.1) is 0 Å². The van der Waals surface area contributed by atoms with Crippen molar-refractivity contribution in [1.29, 1.82) is 0 Å². The van der Waals surface area contributed by atoms with Crippen molar-refractivity contribution < 1.29 is 14.7 Å². The monoisotopic (exact) mass is 515 g/mol. The van der Waals surface area contributed by atoms with E-state index in [1.165, 1.54) is 6.33 Å². The van der Waals surface area contributed by atoms with Crippen LogP contribution in [0.25, 0.3) is 22.3 Å². The third-order valence-corrected chi connectivity index (χ3v) is 6.95. The van der Waals surface area contributed by atoms with Gasteiger partial charge >= 0.3 is 0 Å². The van der Waals surface area contributed by atoms with Crippen LogP contribution in [-0.2, 0) is 4.79 Å². The lowest BCUT2D eigenvalue weighted by atomic mass is 10.0. The Balaban J connectivity index is 1.32. The molecular formula is C28H33N7O3. The zero-order chi connectivity index (χ0) is 26.3. The number of hydrogen-bond acceptors (Lipinski definition) is 8. The largest absolute Gasteiger partial charge is 0.457 e. The van der Waals surface area contributed by atoms with Gasteiger partial charge in [-0.2, -0.15) is 5.10 Å². The predicted octanol–water partition coefficient (Wildman–Crippen LogP) is 4.57. The fraction of sp³-hybridized carbons (Fsp3) is 0.357. The van der Waals surface area contributed by atoms with Crippen LogP contribution < -0.4 is 16.0 Å². The molecule has 0 spiro atoms. The Morgan fingerprint density at radius 1 is 1.05 bits per heavy atom. The molecule has 0 bridgehead atoms. The summed E-state index contributed by atoms with van der Waals surface area (Å²) in [5, 5.41) is 14.4. The third kappa shape index (κ3) is 5.92. The van der Waals surface area contributed by atoms with E-state index in [2.05, 4.69) is 14.9 Å². The summed E-state index contributed by atoms with van der Waals surface area (Å²) >= 11 is 0. The van der Waals surface area contributed by atoms with Crippen molar-refractivity contribution in [2.45, 2.75) is 44.6 Å². The number of piperidine rings is 1. The Morgan fingerprint density at radius 3 is 2.63 bits per heavy atom. The molecule has 1 aliphatic rings. The fourth-order valence-electron chi connectivity index (χ4n) is 5.05. The van der Waals surface area contributed by atoms with E-state index >= 15 is 0 Å². The van der Waals surface area contributed by atoms with Crippen LogP contribution in [0.5, 0.6) is 11.5 Å². The molecule has 1 atom stereocenters. The minimum Gasteiger partial charge on any atom is -0.457 e. The second kappa shape index (κ2) is 12.0. The van der Waals surface area contributed by atoms with Gasteiger partial charge in [0.05, 0.1) is 11.4 Å². The summed E-state index contributed by atoms with van der Waals surface area (Å²) in [6, 6.07) is 17.7. The number of carbonyl (C=O) groups is 1. The highest BCUT2D eigenvalue weighted by atomic mass is 16.5. The number of nitrogen functional groups attached to an aromatic ring is 1. The molecule has 0 aliphatic carbocycles. The number of hydrogen-bond donors (Lipinski definition) is 3. The van der Waals surface area contributed by atoms with E-state index in [1.54, 1.807) is 5.48 Å². The van der Waals surface area contributed by atoms with Crippen molar-refractivity contribution in [3.05, 3.63) is 60.9 Å². The summed E-state index contributed by atoms with van der Waals surface area (Å²) in [5.41, 5.74) is 10.5. The second-order valence-electron chi connectivity index (χ2n) is 9.63. The lowest BCUT2D eigenvalue weighted by molar-refractivity contribution is -0.129. The number of fused-ring (bicyclic) bond motifs is 1. The van der Waals surface area contributed by atoms with Crippen molar-refractivity contribution in [2.24, 2.45) is 0 Å². The summed E-state index contributed by atoms with van der Waals surface area (Å²) < 4.78 is 7.97. The third-order valence-electron chi connectivity index (χ3n) is 6.95. The van der Waals surface area contributed by atoms with Gasteiger partial charge in [-0.1, -0.05) is 24.6 Å². The first kappa shape index (κ1) is 25.6. The zero-order valence-corrected chi connectivity index (χ0v) is 21.3. The normalized spacial score (nSPS) is 16.0. The molecule has 1 fully saturated rings. The lowest BCUT2D eigenvalue weighted by Gasteiger charge is -2.33. The van der Waals surface area contributed by atoms with Gasteiger partial charge < -0.3 is 15.4 Å². The maximum absolute atomic E-state index is 11.2. The number of nitrogens with two attached hydrogens (primary N) is 1. The first-order valence-electron chi connectivity index (χ1n) is 13.1. The topological polar surface area (TPSA) is 131 Å². The molecule has 5 rings (SSSR count). The van der Waals surface area contributed by atoms with E-state index in [1.807, 2.05) is 59.3 Å². The molecule has 2 aromatic carbocycles. The molecule has 4 aromatic rings. The van der Waals surface area contributed by atoms with Gasteiger partial charge in [-0.25, -0.2) is 20.1 Å². The fourth-order valence-corrected chi connectivity index (χ4v) is 5.05. The van der Waals surface area contributed by atoms with E-state index in [9.17, 15) is 4.79 Å². The van der Waals surface area contributed by atoms with Crippen LogP contribution in [-0.4, -0.2) is 55.4 Å². The van der Waals surface area contributed by atoms with Gasteiger partial charge in [0.2, 0.25) is 5.91 Å². The van der Waals surface area contributed by atoms with Gasteiger partial charge in [0.1, 0.15) is 29.3 Å². The van der Waals surface area contributed by atoms with Crippen LogP contribution in [0.4, 0.5) is 5.82 Å². The molecule has 1 amide bonds. The number of carbonyl (C=O) groups excluding carboxylic acids is 1. The second-order valence-corrected chi connectivity index (χ2v) is 9.63. The van der Waals surface area contributed by atoms with Gasteiger partial charge in [0.25, 0.3) is 0 Å². The molecule has 10 heteroatoms. The predicted molar refractivity (Wildman–Crippen MR) is 145 cm³/mol. The molecule has 3 heterocycles. The quantitative estimate of drug-likeness (QED) is 0.159. The van der Waals surface area contributed by atoms with Gasteiger partial charge in [-0.15, -0.1) is 0 Å². The number of para-hydroxylation sites is 1. The molecule has 10 nitrogen and oxygen atoms in total. The molecule has 38 heavy (non-hydrogen) atoms. The number of ether oxygens (including phenoxy) is 1. The standard InChI is InChI=1S/C28H33N7O3/c29-27-25-26(20-12-14-23(15-13-20)38-22-9-3-1-4-10-22)32-35(28(25)31-19-30-27)21-8-7-17-34(18-21)16-6-2-5-11-24(36)33-37/h1,3-4,9-10,12-15,19,21,37H,2,5-8,11,16-18H2,(H,33,36)(H2,29,30,31). The highest BCUT2D eigenvalue weighted by Crippen LogP contribution is 2.34. The van der Waals surface area contributed by atoms with Crippen molar-refractivity contribution in [3.8, 4) is 22.8 Å². The average molecular weight is 516 g/mol. The Hall–Kier alpha value is -4.02. The Bertz CT molecular complexity index is 1360. The number of unbranched alkanes of at least 4 members (excludes halogenated alkanes) is 2. The number of amides is 1. The van der Waals surface area contributed by atoms with Crippen LogP contribution in [0.15, 0.2) is 60.9 Å². The van der Waals surface area contributed by atoms with Gasteiger partial charge in [0, 0.05) is 18.5 Å². The molecule has 198 valence electrons. The first-order valence-corrected chi connectivity index (χ1v) is 13.1. The van der Waals surface area contributed by atoms with Gasteiger partial charge in [-0.3, -0.25) is 10.0 Å². The minimum absolute atomic E-state index is 0.176. The van der Waals surface area contributed by atoms with E-state index in [0.717, 1.165) is 85.5 Å². The van der Waals surface area contributed by atoms with Crippen molar-refractivity contribution in [2.75, 3.05) is 25.4 Å². The Kier molecular flexibility index (Phi) is 8.10. The number of nitrogens with one attached hydrogen (secondary N) is 1. The zero-order valence-electron chi connectivity index (χ0n) is 21.3. The molecule has 1 aliphatic heterocycles. The maximum Gasteiger partial charge on any atom is 0.243 e. The van der Waals surface area contributed by atoms with Gasteiger partial charge in [-0.05, 0) is 75.2 Å². The molecule has 4 N–H and O–H groups in total. The van der Waals surface area contributed by atoms with Crippen molar-refractivity contribution in [3.63, 3.8) is 0 Å². The number of anilines is 1. The number of likely N-dealkylation sites (tertiary alicyclic amines) is 1. The van der Waals surface area contributed by atoms with E-state index in [4.69, 9.17) is 20.8 Å². The summed E-state index contributed by atoms with van der Waals surface area (Å²) in [6.45, 7) is 2.88. The molecule has 0 radical (unpaired) electrons. The number of rotatable bonds is 10. The van der Waals surface area contributed by atoms with Crippen LogP contribution >= 0.6 is 0 Å². The molecular weight excluding hydrogens is 482 g/mol. The minimum atomic E-state index is -0.330. The smallest absolute Gasteiger partial charge is 0.243 e. The highest BCUT2D eigenvalue weighted by molar-refractivity contribution is 5.98. The highest BCUT2D eigenvalue weighted by Gasteiger charge is 2.26. The summed E-state index contributed by atoms with van der Waals surface area (Å²) in [7, 11) is 0. The molecule has 1 saturated heterocycles. The van der Waals surface area contributed by atoms with Gasteiger partial charge in [0.15, 0.2) is 5.65 Å². The Labute approximate surface area is 221 Å². The SMILES string of the molecule is Nc1ncnc2c1c(-c1ccc(Oc3ccccc3)cc1)nn2C1CCCN(CCCCCC(=O)NO)C1. The molecule has 1 unspecified atom stereocenters. The molecule has 2 aromatic heterocycles. The summed E-state index contributed by atoms with van der Waals surface area (Å²) in [6.07, 6.45) is 6.64. The number of hydroxylamine groups is 1. The van der Waals surface area contributed by atoms with E-state index in [-0.39, 0.29) is 11.9 Å². The average Bonchev–Trinajstić information content (AvgIpc) is 3.35. The van der Waals surface area contributed by atoms with Crippen molar-refractivity contribution in [1.82, 2.24) is 30.1 Å². The summed E-state index contributed by atoms with van der Waals surface area (Å²) in [5.74, 6) is 1.61. The first-order chi connectivity index (χ1) is 18.6. The Morgan fingerprint density at radius 2 is 1.84 bits per heavy atom. The van der Waals surface area contributed by atoms with E-state index in [0.29, 0.717) is 12.2 Å². The van der Waals surface area contributed by atoms with Crippen LogP contribution in [0.1, 0.15) is 44.6 Å². The molecule has 0 saturated carbocycles. The maximum atomic E-state index is 11.2. The number of nitrogens with zero attached hydrogens (tertiary/aromatic N) is 5. The number of benzene rings is 2. The number of aromatic nitrogens is 4. The summed E-state index contributed by atoms with van der Waals surface area (Å²) in [4.78, 5) is 22.5.